The van der Waals surface area contributed by atoms with E-state index in [9.17, 15) is 4.39 Å². The molecule has 2 aliphatic rings. The van der Waals surface area contributed by atoms with E-state index < -0.39 is 5.54 Å². The van der Waals surface area contributed by atoms with Crippen LogP contribution in [0.25, 0.3) is 0 Å². The molecule has 2 unspecified atom stereocenters. The number of nitrogens with two attached hydrogens (primary N) is 1. The van der Waals surface area contributed by atoms with Crippen LogP contribution >= 0.6 is 0 Å². The highest BCUT2D eigenvalue weighted by atomic mass is 19.1. The van der Waals surface area contributed by atoms with Gasteiger partial charge in [0.15, 0.2) is 0 Å². The van der Waals surface area contributed by atoms with Crippen LogP contribution in [0.15, 0.2) is 23.2 Å². The number of hydrogen-bond donors (Lipinski definition) is 2. The number of anilines is 1. The topological polar surface area (TPSA) is 68.9 Å². The molecule has 6 heteroatoms. The summed E-state index contributed by atoms with van der Waals surface area (Å²) in [5, 5.41) is 3.36. The van der Waals surface area contributed by atoms with Gasteiger partial charge in [0.1, 0.15) is 23.8 Å². The maximum absolute atomic E-state index is 14.2. The SMILES string of the molecule is CC1(c2cc(NC3CCOC3)ccc2F)COCC(N)=N1. The molecule has 0 saturated carbocycles. The summed E-state index contributed by atoms with van der Waals surface area (Å²) in [6.07, 6.45) is 0.957. The lowest BCUT2D eigenvalue weighted by Gasteiger charge is -2.30. The molecule has 0 radical (unpaired) electrons. The van der Waals surface area contributed by atoms with Crippen LogP contribution in [0, 0.1) is 5.82 Å². The van der Waals surface area contributed by atoms with Crippen molar-refractivity contribution >= 4 is 11.5 Å². The lowest BCUT2D eigenvalue weighted by Crippen LogP contribution is -2.38. The van der Waals surface area contributed by atoms with Gasteiger partial charge >= 0.3 is 0 Å². The van der Waals surface area contributed by atoms with Gasteiger partial charge in [0, 0.05) is 17.9 Å². The predicted octanol–water partition coefficient (Wildman–Crippen LogP) is 1.63. The Morgan fingerprint density at radius 3 is 3.00 bits per heavy atom. The van der Waals surface area contributed by atoms with Gasteiger partial charge in [-0.15, -0.1) is 0 Å². The highest BCUT2D eigenvalue weighted by Gasteiger charge is 2.33. The van der Waals surface area contributed by atoms with Gasteiger partial charge in [-0.2, -0.15) is 0 Å². The number of ether oxygens (including phenoxy) is 2. The van der Waals surface area contributed by atoms with E-state index in [4.69, 9.17) is 15.2 Å². The lowest BCUT2D eigenvalue weighted by atomic mass is 9.91. The first-order valence-electron chi connectivity index (χ1n) is 7.13. The van der Waals surface area contributed by atoms with Crippen LogP contribution in [0.5, 0.6) is 0 Å². The van der Waals surface area contributed by atoms with Crippen LogP contribution < -0.4 is 11.1 Å². The third-order valence-corrected chi connectivity index (χ3v) is 3.87. The summed E-state index contributed by atoms with van der Waals surface area (Å²) >= 11 is 0. The Labute approximate surface area is 123 Å². The summed E-state index contributed by atoms with van der Waals surface area (Å²) in [7, 11) is 0. The van der Waals surface area contributed by atoms with E-state index in [0.717, 1.165) is 18.7 Å². The number of nitrogens with one attached hydrogen (secondary N) is 1. The maximum Gasteiger partial charge on any atom is 0.129 e. The van der Waals surface area contributed by atoms with E-state index in [1.165, 1.54) is 6.07 Å². The average molecular weight is 293 g/mol. The Morgan fingerprint density at radius 2 is 2.29 bits per heavy atom. The molecule has 0 aliphatic carbocycles. The Balaban J connectivity index is 1.88. The van der Waals surface area contributed by atoms with Gasteiger partial charge in [0.25, 0.3) is 0 Å². The maximum atomic E-state index is 14.2. The Kier molecular flexibility index (Phi) is 3.82. The summed E-state index contributed by atoms with van der Waals surface area (Å²) in [5.74, 6) is 0.0958. The molecule has 2 aliphatic heterocycles. The number of halogens is 1. The van der Waals surface area contributed by atoms with E-state index in [1.54, 1.807) is 12.1 Å². The number of aliphatic imine (C=N–C) groups is 1. The summed E-state index contributed by atoms with van der Waals surface area (Å²) < 4.78 is 25.0. The Hall–Kier alpha value is -1.66. The fourth-order valence-corrected chi connectivity index (χ4v) is 2.79. The van der Waals surface area contributed by atoms with Crippen LogP contribution in [0.3, 0.4) is 0 Å². The van der Waals surface area contributed by atoms with E-state index in [2.05, 4.69) is 10.3 Å². The van der Waals surface area contributed by atoms with Gasteiger partial charge in [-0.05, 0) is 31.5 Å². The van der Waals surface area contributed by atoms with Crippen LogP contribution in [0.2, 0.25) is 0 Å². The van der Waals surface area contributed by atoms with Gasteiger partial charge in [-0.1, -0.05) is 0 Å². The number of amidine groups is 1. The molecule has 0 aromatic heterocycles. The molecule has 1 fully saturated rings. The molecule has 2 heterocycles. The van der Waals surface area contributed by atoms with Gasteiger partial charge in [0.05, 0.1) is 19.3 Å². The highest BCUT2D eigenvalue weighted by Crippen LogP contribution is 2.32. The predicted molar refractivity (Wildman–Crippen MR) is 79.0 cm³/mol. The third kappa shape index (κ3) is 3.01. The fourth-order valence-electron chi connectivity index (χ4n) is 2.79. The Morgan fingerprint density at radius 1 is 1.43 bits per heavy atom. The van der Waals surface area contributed by atoms with Crippen molar-refractivity contribution in [3.8, 4) is 0 Å². The third-order valence-electron chi connectivity index (χ3n) is 3.87. The second kappa shape index (κ2) is 5.61. The molecule has 0 bridgehead atoms. The van der Waals surface area contributed by atoms with Crippen molar-refractivity contribution < 1.29 is 13.9 Å². The summed E-state index contributed by atoms with van der Waals surface area (Å²) in [6.45, 7) is 3.89. The quantitative estimate of drug-likeness (QED) is 0.889. The fraction of sp³-hybridized carbons (Fsp3) is 0.533. The Bertz CT molecular complexity index is 558. The monoisotopic (exact) mass is 293 g/mol. The molecule has 3 N–H and O–H groups in total. The number of rotatable bonds is 3. The molecule has 114 valence electrons. The average Bonchev–Trinajstić information content (AvgIpc) is 2.93. The molecule has 1 saturated heterocycles. The summed E-state index contributed by atoms with van der Waals surface area (Å²) in [4.78, 5) is 4.40. The van der Waals surface area contributed by atoms with Gasteiger partial charge in [-0.3, -0.25) is 4.99 Å². The molecule has 5 nitrogen and oxygen atoms in total. The van der Waals surface area contributed by atoms with E-state index in [0.29, 0.717) is 31.2 Å². The van der Waals surface area contributed by atoms with E-state index in [1.807, 2.05) is 6.92 Å². The zero-order valence-electron chi connectivity index (χ0n) is 12.1. The van der Waals surface area contributed by atoms with Gasteiger partial charge in [-0.25, -0.2) is 4.39 Å². The molecular formula is C15H20FN3O2. The van der Waals surface area contributed by atoms with Crippen molar-refractivity contribution in [1.82, 2.24) is 0 Å². The zero-order valence-corrected chi connectivity index (χ0v) is 12.1. The van der Waals surface area contributed by atoms with E-state index in [-0.39, 0.29) is 11.9 Å². The molecular weight excluding hydrogens is 273 g/mol. The zero-order chi connectivity index (χ0) is 14.9. The standard InChI is InChI=1S/C15H20FN3O2/c1-15(9-21-8-14(17)19-15)12-6-10(2-3-13(12)16)18-11-4-5-20-7-11/h2-3,6,11,18H,4-5,7-9H2,1H3,(H2,17,19). The minimum absolute atomic E-state index is 0.271. The molecule has 3 rings (SSSR count). The van der Waals surface area contributed by atoms with Gasteiger partial charge in [0.2, 0.25) is 0 Å². The molecule has 0 spiro atoms. The van der Waals surface area contributed by atoms with Crippen LogP contribution in [-0.4, -0.2) is 38.3 Å². The van der Waals surface area contributed by atoms with Gasteiger partial charge < -0.3 is 20.5 Å². The summed E-state index contributed by atoms with van der Waals surface area (Å²) in [5.41, 5.74) is 6.31. The minimum atomic E-state index is -0.781. The second-order valence-corrected chi connectivity index (χ2v) is 5.77. The normalized spacial score (nSPS) is 29.2. The number of nitrogens with zero attached hydrogens (tertiary/aromatic N) is 1. The van der Waals surface area contributed by atoms with Crippen molar-refractivity contribution in [2.24, 2.45) is 10.7 Å². The minimum Gasteiger partial charge on any atom is -0.386 e. The number of hydrogen-bond acceptors (Lipinski definition) is 5. The van der Waals surface area contributed by atoms with Crippen molar-refractivity contribution in [1.29, 1.82) is 0 Å². The molecule has 2 atom stereocenters. The van der Waals surface area contributed by atoms with Crippen LogP contribution in [0.1, 0.15) is 18.9 Å². The van der Waals surface area contributed by atoms with Crippen LogP contribution in [-0.2, 0) is 15.0 Å². The van der Waals surface area contributed by atoms with Crippen molar-refractivity contribution in [3.05, 3.63) is 29.6 Å². The first-order chi connectivity index (χ1) is 10.1. The van der Waals surface area contributed by atoms with Crippen molar-refractivity contribution in [2.45, 2.75) is 24.9 Å². The largest absolute Gasteiger partial charge is 0.386 e. The molecule has 1 aromatic rings. The molecule has 1 aromatic carbocycles. The molecule has 21 heavy (non-hydrogen) atoms. The highest BCUT2D eigenvalue weighted by molar-refractivity contribution is 5.82. The second-order valence-electron chi connectivity index (χ2n) is 5.77. The van der Waals surface area contributed by atoms with E-state index >= 15 is 0 Å². The van der Waals surface area contributed by atoms with Crippen LogP contribution in [0.4, 0.5) is 10.1 Å². The molecule has 0 amide bonds. The van der Waals surface area contributed by atoms with Crippen molar-refractivity contribution in [2.75, 3.05) is 31.7 Å². The number of benzene rings is 1. The van der Waals surface area contributed by atoms with Crippen molar-refractivity contribution in [3.63, 3.8) is 0 Å². The first kappa shape index (κ1) is 14.3. The smallest absolute Gasteiger partial charge is 0.129 e. The lowest BCUT2D eigenvalue weighted by molar-refractivity contribution is 0.104. The summed E-state index contributed by atoms with van der Waals surface area (Å²) in [6, 6.07) is 5.25. The first-order valence-corrected chi connectivity index (χ1v) is 7.13.